The predicted molar refractivity (Wildman–Crippen MR) is 112 cm³/mol. The lowest BCUT2D eigenvalue weighted by Gasteiger charge is -2.31. The monoisotopic (exact) mass is 413 g/mol. The van der Waals surface area contributed by atoms with Crippen LogP contribution in [0.4, 0.5) is 10.2 Å². The minimum Gasteiger partial charge on any atom is -0.356 e. The summed E-state index contributed by atoms with van der Waals surface area (Å²) in [6.45, 7) is 4.12. The van der Waals surface area contributed by atoms with Crippen molar-refractivity contribution in [2.75, 3.05) is 31.5 Å². The summed E-state index contributed by atoms with van der Waals surface area (Å²) in [5, 5.41) is 10.2. The van der Waals surface area contributed by atoms with Crippen LogP contribution in [-0.2, 0) is 9.59 Å². The standard InChI is InChI=1S/C22H28FN5O2/c1-15-11-20(28(26-15)19-7-3-2-6-18(19)23)25-21(29)14-27-10-4-5-17(13-27)22(30)24-12-16-8-9-16/h2-3,6-7,11,16-17H,4-5,8-10,12-14H2,1H3,(H,24,30)(H,25,29). The molecule has 7 nitrogen and oxygen atoms in total. The Morgan fingerprint density at radius 1 is 1.23 bits per heavy atom. The van der Waals surface area contributed by atoms with Crippen LogP contribution in [0.2, 0.25) is 0 Å². The van der Waals surface area contributed by atoms with Gasteiger partial charge in [-0.1, -0.05) is 12.1 Å². The second-order valence-electron chi connectivity index (χ2n) is 8.35. The Balaban J connectivity index is 1.35. The van der Waals surface area contributed by atoms with E-state index in [9.17, 15) is 14.0 Å². The molecule has 2 aliphatic rings. The highest BCUT2D eigenvalue weighted by Gasteiger charge is 2.29. The second-order valence-corrected chi connectivity index (χ2v) is 8.35. The van der Waals surface area contributed by atoms with Crippen molar-refractivity contribution in [1.82, 2.24) is 20.0 Å². The molecule has 1 saturated carbocycles. The fourth-order valence-electron chi connectivity index (χ4n) is 3.91. The highest BCUT2D eigenvalue weighted by atomic mass is 19.1. The van der Waals surface area contributed by atoms with Gasteiger partial charge in [0.2, 0.25) is 11.8 Å². The van der Waals surface area contributed by atoms with Crippen LogP contribution in [0.25, 0.3) is 5.69 Å². The molecule has 0 radical (unpaired) electrons. The van der Waals surface area contributed by atoms with Gasteiger partial charge in [0.05, 0.1) is 18.2 Å². The smallest absolute Gasteiger partial charge is 0.239 e. The topological polar surface area (TPSA) is 79.3 Å². The fourth-order valence-corrected chi connectivity index (χ4v) is 3.91. The second kappa shape index (κ2) is 8.95. The van der Waals surface area contributed by atoms with Gasteiger partial charge in [0.1, 0.15) is 17.3 Å². The van der Waals surface area contributed by atoms with Gasteiger partial charge in [-0.3, -0.25) is 14.5 Å². The third kappa shape index (κ3) is 5.05. The van der Waals surface area contributed by atoms with E-state index in [2.05, 4.69) is 15.7 Å². The lowest BCUT2D eigenvalue weighted by atomic mass is 9.97. The Morgan fingerprint density at radius 3 is 2.80 bits per heavy atom. The molecule has 2 N–H and O–H groups in total. The molecule has 0 bridgehead atoms. The quantitative estimate of drug-likeness (QED) is 0.731. The average molecular weight is 413 g/mol. The molecule has 2 heterocycles. The zero-order valence-electron chi connectivity index (χ0n) is 17.2. The number of piperidine rings is 1. The van der Waals surface area contributed by atoms with E-state index in [1.165, 1.54) is 23.6 Å². The van der Waals surface area contributed by atoms with E-state index < -0.39 is 5.82 Å². The van der Waals surface area contributed by atoms with Gasteiger partial charge in [0.25, 0.3) is 0 Å². The average Bonchev–Trinajstić information content (AvgIpc) is 3.48. The normalized spacial score (nSPS) is 19.5. The SMILES string of the molecule is Cc1cc(NC(=O)CN2CCCC(C(=O)NCC3CC3)C2)n(-c2ccccc2F)n1. The molecular formula is C22H28FN5O2. The number of amides is 2. The van der Waals surface area contributed by atoms with Crippen molar-refractivity contribution in [2.24, 2.45) is 11.8 Å². The summed E-state index contributed by atoms with van der Waals surface area (Å²) in [7, 11) is 0. The van der Waals surface area contributed by atoms with Crippen molar-refractivity contribution in [1.29, 1.82) is 0 Å². The van der Waals surface area contributed by atoms with E-state index in [1.807, 2.05) is 4.90 Å². The minimum absolute atomic E-state index is 0.0727. The van der Waals surface area contributed by atoms with E-state index in [4.69, 9.17) is 0 Å². The number of nitrogens with zero attached hydrogens (tertiary/aromatic N) is 3. The molecule has 4 rings (SSSR count). The molecule has 1 atom stereocenters. The molecule has 1 saturated heterocycles. The maximum Gasteiger partial charge on any atom is 0.239 e. The number of carbonyl (C=O) groups is 2. The van der Waals surface area contributed by atoms with E-state index >= 15 is 0 Å². The van der Waals surface area contributed by atoms with Crippen LogP contribution in [0.5, 0.6) is 0 Å². The Bertz CT molecular complexity index is 924. The van der Waals surface area contributed by atoms with Gasteiger partial charge in [-0.05, 0) is 57.2 Å². The fraction of sp³-hybridized carbons (Fsp3) is 0.500. The summed E-state index contributed by atoms with van der Waals surface area (Å²) in [6, 6.07) is 8.03. The zero-order valence-corrected chi connectivity index (χ0v) is 17.2. The lowest BCUT2D eigenvalue weighted by molar-refractivity contribution is -0.128. The third-order valence-corrected chi connectivity index (χ3v) is 5.69. The van der Waals surface area contributed by atoms with Gasteiger partial charge in [-0.25, -0.2) is 9.07 Å². The summed E-state index contributed by atoms with van der Waals surface area (Å²) in [6.07, 6.45) is 4.16. The number of hydrogen-bond acceptors (Lipinski definition) is 4. The van der Waals surface area contributed by atoms with Crippen molar-refractivity contribution < 1.29 is 14.0 Å². The number of anilines is 1. The van der Waals surface area contributed by atoms with Crippen LogP contribution < -0.4 is 10.6 Å². The summed E-state index contributed by atoms with van der Waals surface area (Å²) < 4.78 is 15.6. The first-order valence-corrected chi connectivity index (χ1v) is 10.6. The Kier molecular flexibility index (Phi) is 6.13. The molecule has 1 unspecified atom stereocenters. The predicted octanol–water partition coefficient (Wildman–Crippen LogP) is 2.50. The van der Waals surface area contributed by atoms with Gasteiger partial charge < -0.3 is 10.6 Å². The maximum atomic E-state index is 14.2. The molecule has 1 aromatic carbocycles. The van der Waals surface area contributed by atoms with Gasteiger partial charge in [0, 0.05) is 19.2 Å². The molecule has 2 aromatic rings. The molecule has 0 spiro atoms. The van der Waals surface area contributed by atoms with Gasteiger partial charge >= 0.3 is 0 Å². The van der Waals surface area contributed by atoms with Crippen molar-refractivity contribution in [2.45, 2.75) is 32.6 Å². The van der Waals surface area contributed by atoms with Crippen molar-refractivity contribution in [3.63, 3.8) is 0 Å². The van der Waals surface area contributed by atoms with Crippen LogP contribution in [0.1, 0.15) is 31.4 Å². The van der Waals surface area contributed by atoms with Gasteiger partial charge in [0.15, 0.2) is 0 Å². The van der Waals surface area contributed by atoms with E-state index in [0.29, 0.717) is 24.0 Å². The highest BCUT2D eigenvalue weighted by molar-refractivity contribution is 5.92. The van der Waals surface area contributed by atoms with Crippen molar-refractivity contribution in [3.05, 3.63) is 41.8 Å². The number of rotatable bonds is 7. The number of benzene rings is 1. The van der Waals surface area contributed by atoms with Crippen LogP contribution >= 0.6 is 0 Å². The lowest BCUT2D eigenvalue weighted by Crippen LogP contribution is -2.45. The summed E-state index contributed by atoms with van der Waals surface area (Å²) >= 11 is 0. The number of nitrogens with one attached hydrogen (secondary N) is 2. The Labute approximate surface area is 175 Å². The minimum atomic E-state index is -0.410. The van der Waals surface area contributed by atoms with Crippen LogP contribution in [0, 0.1) is 24.6 Å². The summed E-state index contributed by atoms with van der Waals surface area (Å²) in [4.78, 5) is 27.1. The number of para-hydroxylation sites is 1. The highest BCUT2D eigenvalue weighted by Crippen LogP contribution is 2.28. The molecule has 1 aliphatic carbocycles. The number of carbonyl (C=O) groups excluding carboxylic acids is 2. The van der Waals surface area contributed by atoms with Crippen LogP contribution in [0.15, 0.2) is 30.3 Å². The number of likely N-dealkylation sites (tertiary alicyclic amines) is 1. The Morgan fingerprint density at radius 2 is 2.03 bits per heavy atom. The molecule has 160 valence electrons. The number of hydrogen-bond donors (Lipinski definition) is 2. The van der Waals surface area contributed by atoms with Crippen LogP contribution in [0.3, 0.4) is 0 Å². The van der Waals surface area contributed by atoms with Gasteiger partial charge in [-0.15, -0.1) is 0 Å². The molecular weight excluding hydrogens is 385 g/mol. The van der Waals surface area contributed by atoms with Gasteiger partial charge in [-0.2, -0.15) is 5.10 Å². The number of halogens is 1. The molecule has 8 heteroatoms. The zero-order chi connectivity index (χ0) is 21.1. The number of aromatic nitrogens is 2. The summed E-state index contributed by atoms with van der Waals surface area (Å²) in [5.74, 6) is 0.496. The van der Waals surface area contributed by atoms with Crippen molar-refractivity contribution >= 4 is 17.6 Å². The Hall–Kier alpha value is -2.74. The van der Waals surface area contributed by atoms with Crippen LogP contribution in [-0.4, -0.2) is 52.7 Å². The van der Waals surface area contributed by atoms with E-state index in [-0.39, 0.29) is 30.0 Å². The summed E-state index contributed by atoms with van der Waals surface area (Å²) in [5.41, 5.74) is 0.963. The third-order valence-electron chi connectivity index (χ3n) is 5.69. The van der Waals surface area contributed by atoms with E-state index in [0.717, 1.165) is 25.9 Å². The first-order chi connectivity index (χ1) is 14.5. The largest absolute Gasteiger partial charge is 0.356 e. The number of aryl methyl sites for hydroxylation is 1. The molecule has 1 aromatic heterocycles. The molecule has 1 aliphatic heterocycles. The molecule has 2 fully saturated rings. The first kappa shape index (κ1) is 20.5. The maximum absolute atomic E-state index is 14.2. The molecule has 2 amide bonds. The first-order valence-electron chi connectivity index (χ1n) is 10.6. The van der Waals surface area contributed by atoms with E-state index in [1.54, 1.807) is 31.2 Å². The molecule has 30 heavy (non-hydrogen) atoms. The van der Waals surface area contributed by atoms with Crippen molar-refractivity contribution in [3.8, 4) is 5.69 Å².